The number of unbranched alkanes of at least 4 members (excludes halogenated alkanes) is 2. The quantitative estimate of drug-likeness (QED) is 0.596. The fraction of sp³-hybridized carbons (Fsp3) is 0.900. The lowest BCUT2D eigenvalue weighted by molar-refractivity contribution is -0.137. The molecule has 0 aromatic rings. The van der Waals surface area contributed by atoms with E-state index >= 15 is 0 Å². The highest BCUT2D eigenvalue weighted by Gasteiger charge is 2.27. The molecule has 0 atom stereocenters. The van der Waals surface area contributed by atoms with Crippen LogP contribution in [0.3, 0.4) is 0 Å². The Labute approximate surface area is 96.3 Å². The van der Waals surface area contributed by atoms with Gasteiger partial charge in [0.2, 0.25) is 10.0 Å². The zero-order valence-electron chi connectivity index (χ0n) is 9.31. The third-order valence-corrected chi connectivity index (χ3v) is 4.10. The summed E-state index contributed by atoms with van der Waals surface area (Å²) in [6.45, 7) is 0.425. The third kappa shape index (κ3) is 6.79. The number of hydrogen-bond donors (Lipinski definition) is 2. The van der Waals surface area contributed by atoms with Crippen molar-refractivity contribution < 1.29 is 18.3 Å². The topological polar surface area (TPSA) is 83.5 Å². The minimum atomic E-state index is -3.09. The second kappa shape index (κ2) is 6.20. The molecule has 0 amide bonds. The molecule has 0 aliphatic heterocycles. The number of carbonyl (C=O) groups is 1. The van der Waals surface area contributed by atoms with Crippen LogP contribution in [0.5, 0.6) is 0 Å². The van der Waals surface area contributed by atoms with E-state index in [0.29, 0.717) is 25.3 Å². The Bertz CT molecular complexity index is 322. The van der Waals surface area contributed by atoms with Crippen LogP contribution < -0.4 is 4.72 Å². The number of nitrogens with one attached hydrogen (secondary N) is 1. The normalized spacial score (nSPS) is 16.2. The molecule has 0 radical (unpaired) electrons. The van der Waals surface area contributed by atoms with Crippen LogP contribution in [-0.4, -0.2) is 31.8 Å². The van der Waals surface area contributed by atoms with Crippen molar-refractivity contribution in [1.82, 2.24) is 4.72 Å². The van der Waals surface area contributed by atoms with Crippen LogP contribution in [-0.2, 0) is 14.8 Å². The van der Waals surface area contributed by atoms with Crippen molar-refractivity contribution in [3.63, 3.8) is 0 Å². The van der Waals surface area contributed by atoms with E-state index in [9.17, 15) is 13.2 Å². The summed E-state index contributed by atoms with van der Waals surface area (Å²) >= 11 is 0. The molecule has 5 nitrogen and oxygen atoms in total. The first-order valence-electron chi connectivity index (χ1n) is 5.69. The summed E-state index contributed by atoms with van der Waals surface area (Å²) in [5.74, 6) is -0.180. The molecular weight excluding hydrogens is 230 g/mol. The van der Waals surface area contributed by atoms with Crippen LogP contribution in [0.15, 0.2) is 0 Å². The predicted molar refractivity (Wildman–Crippen MR) is 60.6 cm³/mol. The van der Waals surface area contributed by atoms with E-state index in [0.717, 1.165) is 19.3 Å². The van der Waals surface area contributed by atoms with Gasteiger partial charge < -0.3 is 5.11 Å². The van der Waals surface area contributed by atoms with Gasteiger partial charge >= 0.3 is 5.97 Å². The zero-order chi connectivity index (χ0) is 12.0. The van der Waals surface area contributed by atoms with E-state index in [4.69, 9.17) is 5.11 Å². The van der Waals surface area contributed by atoms with Crippen molar-refractivity contribution in [2.24, 2.45) is 5.92 Å². The first-order valence-corrected chi connectivity index (χ1v) is 7.34. The molecule has 94 valence electrons. The van der Waals surface area contributed by atoms with E-state index in [1.54, 1.807) is 0 Å². The van der Waals surface area contributed by atoms with Gasteiger partial charge in [0.25, 0.3) is 0 Å². The Hall–Kier alpha value is -0.620. The van der Waals surface area contributed by atoms with E-state index in [1.165, 1.54) is 0 Å². The summed E-state index contributed by atoms with van der Waals surface area (Å²) in [7, 11) is -3.09. The first-order chi connectivity index (χ1) is 7.49. The van der Waals surface area contributed by atoms with Gasteiger partial charge in [0.15, 0.2) is 0 Å². The highest BCUT2D eigenvalue weighted by atomic mass is 32.2. The second-order valence-corrected chi connectivity index (χ2v) is 6.18. The molecule has 6 heteroatoms. The monoisotopic (exact) mass is 249 g/mol. The maximum absolute atomic E-state index is 11.4. The van der Waals surface area contributed by atoms with E-state index < -0.39 is 16.0 Å². The Balaban J connectivity index is 1.99. The first kappa shape index (κ1) is 13.4. The summed E-state index contributed by atoms with van der Waals surface area (Å²) in [5, 5.41) is 8.39. The molecule has 0 aromatic heterocycles. The van der Waals surface area contributed by atoms with Gasteiger partial charge in [-0.1, -0.05) is 6.42 Å². The maximum Gasteiger partial charge on any atom is 0.303 e. The molecule has 0 spiro atoms. The van der Waals surface area contributed by atoms with Gasteiger partial charge in [0.1, 0.15) is 0 Å². The van der Waals surface area contributed by atoms with Crippen molar-refractivity contribution in [1.29, 1.82) is 0 Å². The van der Waals surface area contributed by atoms with Crippen LogP contribution in [0.1, 0.15) is 38.5 Å². The Morgan fingerprint density at radius 2 is 1.94 bits per heavy atom. The van der Waals surface area contributed by atoms with Crippen LogP contribution in [0.4, 0.5) is 0 Å². The molecule has 1 aliphatic rings. The number of rotatable bonds is 9. The lowest BCUT2D eigenvalue weighted by Crippen LogP contribution is -2.28. The van der Waals surface area contributed by atoms with E-state index in [2.05, 4.69) is 4.72 Å². The lowest BCUT2D eigenvalue weighted by Gasteiger charge is -2.05. The highest BCUT2D eigenvalue weighted by Crippen LogP contribution is 2.29. The minimum Gasteiger partial charge on any atom is -0.481 e. The van der Waals surface area contributed by atoms with E-state index in [1.807, 2.05) is 0 Å². The molecule has 16 heavy (non-hydrogen) atoms. The Kier molecular flexibility index (Phi) is 5.21. The van der Waals surface area contributed by atoms with Gasteiger partial charge in [-0.05, 0) is 31.6 Å². The average molecular weight is 249 g/mol. The highest BCUT2D eigenvalue weighted by molar-refractivity contribution is 7.89. The number of aliphatic carboxylic acids is 1. The van der Waals surface area contributed by atoms with Crippen LogP contribution >= 0.6 is 0 Å². The molecule has 1 rings (SSSR count). The summed E-state index contributed by atoms with van der Waals surface area (Å²) in [4.78, 5) is 10.2. The summed E-state index contributed by atoms with van der Waals surface area (Å²) in [6.07, 6.45) is 4.28. The SMILES string of the molecule is O=C(O)CCCCCNS(=O)(=O)CC1CC1. The van der Waals surface area contributed by atoms with Crippen molar-refractivity contribution in [2.75, 3.05) is 12.3 Å². The molecule has 0 bridgehead atoms. The number of carboxylic acid groups (broad SMARTS) is 1. The standard InChI is InChI=1S/C10H19NO4S/c12-10(13)4-2-1-3-7-11-16(14,15)8-9-5-6-9/h9,11H,1-8H2,(H,12,13). The van der Waals surface area contributed by atoms with Crippen LogP contribution in [0.25, 0.3) is 0 Å². The van der Waals surface area contributed by atoms with Crippen molar-refractivity contribution in [3.8, 4) is 0 Å². The molecular formula is C10H19NO4S. The molecule has 0 saturated heterocycles. The maximum atomic E-state index is 11.4. The fourth-order valence-corrected chi connectivity index (χ4v) is 2.99. The predicted octanol–water partition coefficient (Wildman–Crippen LogP) is 0.961. The van der Waals surface area contributed by atoms with Gasteiger partial charge in [-0.2, -0.15) is 0 Å². The largest absolute Gasteiger partial charge is 0.481 e. The molecule has 1 saturated carbocycles. The summed E-state index contributed by atoms with van der Waals surface area (Å²) < 4.78 is 25.4. The third-order valence-electron chi connectivity index (χ3n) is 2.54. The van der Waals surface area contributed by atoms with Gasteiger partial charge in [0, 0.05) is 13.0 Å². The van der Waals surface area contributed by atoms with Gasteiger partial charge in [0.05, 0.1) is 5.75 Å². The van der Waals surface area contributed by atoms with E-state index in [-0.39, 0.29) is 12.2 Å². The van der Waals surface area contributed by atoms with Crippen molar-refractivity contribution in [2.45, 2.75) is 38.5 Å². The molecule has 1 aliphatic carbocycles. The molecule has 0 aromatic carbocycles. The second-order valence-electron chi connectivity index (χ2n) is 4.32. The number of sulfonamides is 1. The average Bonchev–Trinajstić information content (AvgIpc) is 2.93. The number of carboxylic acids is 1. The summed E-state index contributed by atoms with van der Waals surface area (Å²) in [6, 6.07) is 0. The van der Waals surface area contributed by atoms with Crippen molar-refractivity contribution in [3.05, 3.63) is 0 Å². The molecule has 1 fully saturated rings. The van der Waals surface area contributed by atoms with Crippen LogP contribution in [0, 0.1) is 5.92 Å². The molecule has 0 unspecified atom stereocenters. The fourth-order valence-electron chi connectivity index (χ4n) is 1.46. The zero-order valence-corrected chi connectivity index (χ0v) is 10.1. The number of hydrogen-bond acceptors (Lipinski definition) is 3. The molecule has 0 heterocycles. The van der Waals surface area contributed by atoms with Gasteiger partial charge in [-0.3, -0.25) is 4.79 Å². The Morgan fingerprint density at radius 3 is 2.50 bits per heavy atom. The molecule has 2 N–H and O–H groups in total. The van der Waals surface area contributed by atoms with Gasteiger partial charge in [-0.15, -0.1) is 0 Å². The van der Waals surface area contributed by atoms with Crippen LogP contribution in [0.2, 0.25) is 0 Å². The van der Waals surface area contributed by atoms with Gasteiger partial charge in [-0.25, -0.2) is 13.1 Å². The lowest BCUT2D eigenvalue weighted by atomic mass is 10.2. The summed E-state index contributed by atoms with van der Waals surface area (Å²) in [5.41, 5.74) is 0. The smallest absolute Gasteiger partial charge is 0.303 e. The van der Waals surface area contributed by atoms with Crippen molar-refractivity contribution >= 4 is 16.0 Å². The Morgan fingerprint density at radius 1 is 1.25 bits per heavy atom. The minimum absolute atomic E-state index is 0.162.